The van der Waals surface area contributed by atoms with Crippen LogP contribution in [0, 0.1) is 0 Å². The molecule has 1 saturated heterocycles. The highest BCUT2D eigenvalue weighted by Gasteiger charge is 2.47. The van der Waals surface area contributed by atoms with Gasteiger partial charge in [-0.3, -0.25) is 0 Å². The Balaban J connectivity index is 2.90. The van der Waals surface area contributed by atoms with Crippen LogP contribution >= 0.6 is 0 Å². The third kappa shape index (κ3) is 4.90. The molecule has 1 aliphatic rings. The summed E-state index contributed by atoms with van der Waals surface area (Å²) in [7, 11) is 0. The van der Waals surface area contributed by atoms with E-state index in [4.69, 9.17) is 4.74 Å². The van der Waals surface area contributed by atoms with Crippen LogP contribution in [0.4, 0.5) is 35.1 Å². The van der Waals surface area contributed by atoms with Crippen molar-refractivity contribution in [2.24, 2.45) is 0 Å². The van der Waals surface area contributed by atoms with Gasteiger partial charge in [-0.05, 0) is 0 Å². The molecule has 0 radical (unpaired) electrons. The van der Waals surface area contributed by atoms with Crippen LogP contribution in [-0.2, 0) is 9.47 Å². The Kier molecular flexibility index (Phi) is 5.65. The van der Waals surface area contributed by atoms with E-state index in [1.165, 1.54) is 0 Å². The molecule has 0 aliphatic carbocycles. The van der Waals surface area contributed by atoms with Crippen LogP contribution in [0.15, 0.2) is 11.7 Å². The lowest BCUT2D eigenvalue weighted by molar-refractivity contribution is -0.186. The zero-order valence-electron chi connectivity index (χ0n) is 10.4. The fourth-order valence-corrected chi connectivity index (χ4v) is 1.39. The van der Waals surface area contributed by atoms with Gasteiger partial charge in [-0.25, -0.2) is 8.78 Å². The monoisotopic (exact) mass is 329 g/mol. The minimum Gasteiger partial charge on any atom is -0.479 e. The van der Waals surface area contributed by atoms with Crippen molar-refractivity contribution in [3.63, 3.8) is 0 Å². The molecular formula is C10H11F8NO2. The largest absolute Gasteiger partial charge is 0.479 e. The van der Waals surface area contributed by atoms with Gasteiger partial charge in [0.15, 0.2) is 6.61 Å². The molecule has 0 saturated carbocycles. The summed E-state index contributed by atoms with van der Waals surface area (Å²) in [5.41, 5.74) is 0. The van der Waals surface area contributed by atoms with Gasteiger partial charge in [0.2, 0.25) is 5.95 Å². The van der Waals surface area contributed by atoms with Gasteiger partial charge < -0.3 is 14.4 Å². The van der Waals surface area contributed by atoms with Crippen LogP contribution in [0.2, 0.25) is 0 Å². The number of hydrogen-bond donors (Lipinski definition) is 0. The van der Waals surface area contributed by atoms with Crippen molar-refractivity contribution in [3.05, 3.63) is 11.7 Å². The fourth-order valence-electron chi connectivity index (χ4n) is 1.39. The normalized spacial score (nSPS) is 18.8. The van der Waals surface area contributed by atoms with Crippen LogP contribution < -0.4 is 0 Å². The lowest BCUT2D eigenvalue weighted by atomic mass is 10.3. The van der Waals surface area contributed by atoms with Crippen LogP contribution in [0.1, 0.15) is 0 Å². The maximum atomic E-state index is 13.7. The number of allylic oxidation sites excluding steroid dienone is 1. The quantitative estimate of drug-likeness (QED) is 0.440. The second kappa shape index (κ2) is 6.67. The molecule has 21 heavy (non-hydrogen) atoms. The summed E-state index contributed by atoms with van der Waals surface area (Å²) >= 11 is 0. The number of halogens is 8. The van der Waals surface area contributed by atoms with Crippen molar-refractivity contribution >= 4 is 0 Å². The van der Waals surface area contributed by atoms with Crippen LogP contribution in [0.5, 0.6) is 0 Å². The van der Waals surface area contributed by atoms with Crippen molar-refractivity contribution in [3.8, 4) is 0 Å². The van der Waals surface area contributed by atoms with Gasteiger partial charge in [0, 0.05) is 13.1 Å². The molecule has 0 unspecified atom stereocenters. The first-order chi connectivity index (χ1) is 9.55. The Morgan fingerprint density at radius 1 is 1.10 bits per heavy atom. The van der Waals surface area contributed by atoms with E-state index in [1.54, 1.807) is 0 Å². The topological polar surface area (TPSA) is 21.7 Å². The Morgan fingerprint density at radius 2 is 1.62 bits per heavy atom. The number of alkyl halides is 7. The molecule has 3 nitrogen and oxygen atoms in total. The van der Waals surface area contributed by atoms with Crippen molar-refractivity contribution in [2.45, 2.75) is 18.5 Å². The highest BCUT2D eigenvalue weighted by atomic mass is 19.4. The second-order valence-electron chi connectivity index (χ2n) is 4.07. The smallest absolute Gasteiger partial charge is 0.453 e. The summed E-state index contributed by atoms with van der Waals surface area (Å²) in [5, 5.41) is 0. The molecule has 0 N–H and O–H groups in total. The molecule has 0 bridgehead atoms. The molecule has 1 rings (SSSR count). The van der Waals surface area contributed by atoms with E-state index in [0.717, 1.165) is 0 Å². The number of morpholine rings is 1. The third-order valence-corrected chi connectivity index (χ3v) is 2.46. The van der Waals surface area contributed by atoms with Gasteiger partial charge in [0.1, 0.15) is 0 Å². The van der Waals surface area contributed by atoms with E-state index in [0.29, 0.717) is 4.90 Å². The van der Waals surface area contributed by atoms with Crippen LogP contribution in [-0.4, -0.2) is 56.3 Å². The first kappa shape index (κ1) is 17.8. The predicted molar refractivity (Wildman–Crippen MR) is 53.5 cm³/mol. The molecule has 0 aromatic heterocycles. The number of nitrogens with zero attached hydrogens (tertiary/aromatic N) is 1. The van der Waals surface area contributed by atoms with Crippen molar-refractivity contribution in [2.75, 3.05) is 32.9 Å². The molecule has 1 fully saturated rings. The summed E-state index contributed by atoms with van der Waals surface area (Å²) in [4.78, 5) is 0.576. The van der Waals surface area contributed by atoms with E-state index in [2.05, 4.69) is 4.74 Å². The molecule has 1 aliphatic heterocycles. The lowest BCUT2D eigenvalue weighted by Crippen LogP contribution is -2.38. The molecule has 124 valence electrons. The van der Waals surface area contributed by atoms with E-state index in [1.807, 2.05) is 0 Å². The lowest BCUT2D eigenvalue weighted by Gasteiger charge is -2.29. The fraction of sp³-hybridized carbons (Fsp3) is 0.800. The molecule has 0 aromatic rings. The molecule has 0 atom stereocenters. The average Bonchev–Trinajstić information content (AvgIpc) is 2.37. The van der Waals surface area contributed by atoms with E-state index in [9.17, 15) is 35.1 Å². The van der Waals surface area contributed by atoms with Gasteiger partial charge in [-0.1, -0.05) is 0 Å². The summed E-state index contributed by atoms with van der Waals surface area (Å²) in [6.45, 7) is -2.91. The summed E-state index contributed by atoms with van der Waals surface area (Å²) in [6.07, 6.45) is -9.65. The summed E-state index contributed by atoms with van der Waals surface area (Å²) in [5.74, 6) is -9.11. The molecule has 0 amide bonds. The van der Waals surface area contributed by atoms with Crippen LogP contribution in [0.3, 0.4) is 0 Å². The maximum Gasteiger partial charge on any atom is 0.453 e. The Bertz CT molecular complexity index is 376. The molecular weight excluding hydrogens is 318 g/mol. The molecule has 11 heteroatoms. The second-order valence-corrected chi connectivity index (χ2v) is 4.07. The Labute approximate surface area is 114 Å². The number of ether oxygens (including phenoxy) is 2. The van der Waals surface area contributed by atoms with Gasteiger partial charge in [-0.2, -0.15) is 26.3 Å². The highest BCUT2D eigenvalue weighted by molar-refractivity contribution is 5.07. The van der Waals surface area contributed by atoms with Crippen molar-refractivity contribution in [1.29, 1.82) is 0 Å². The predicted octanol–water partition coefficient (Wildman–Crippen LogP) is 2.94. The summed E-state index contributed by atoms with van der Waals surface area (Å²) < 4.78 is 109. The average molecular weight is 329 g/mol. The van der Waals surface area contributed by atoms with E-state index >= 15 is 0 Å². The SMILES string of the molecule is F/C(=C(\OCC(F)(F)C(F)F)C(F)(F)F)N1CCOCC1. The molecule has 0 spiro atoms. The standard InChI is InChI=1S/C10H11F8NO2/c11-7(19-1-3-20-4-2-19)6(10(16,17)18)21-5-9(14,15)8(12)13/h8H,1-5H2/b7-6+. The van der Waals surface area contributed by atoms with Gasteiger partial charge in [-0.15, -0.1) is 0 Å². The van der Waals surface area contributed by atoms with Gasteiger partial charge in [0.05, 0.1) is 13.2 Å². The highest BCUT2D eigenvalue weighted by Crippen LogP contribution is 2.33. The van der Waals surface area contributed by atoms with E-state index < -0.39 is 36.8 Å². The molecule has 0 aromatic carbocycles. The van der Waals surface area contributed by atoms with Gasteiger partial charge >= 0.3 is 18.5 Å². The number of rotatable bonds is 5. The van der Waals surface area contributed by atoms with Crippen molar-refractivity contribution < 1.29 is 44.6 Å². The van der Waals surface area contributed by atoms with Gasteiger partial charge in [0.25, 0.3) is 5.76 Å². The van der Waals surface area contributed by atoms with Crippen molar-refractivity contribution in [1.82, 2.24) is 4.90 Å². The maximum absolute atomic E-state index is 13.7. The third-order valence-electron chi connectivity index (χ3n) is 2.46. The minimum absolute atomic E-state index is 0.0637. The van der Waals surface area contributed by atoms with E-state index in [-0.39, 0.29) is 26.3 Å². The first-order valence-corrected chi connectivity index (χ1v) is 5.64. The number of hydrogen-bond acceptors (Lipinski definition) is 3. The summed E-state index contributed by atoms with van der Waals surface area (Å²) in [6, 6.07) is 0. The van der Waals surface area contributed by atoms with Crippen LogP contribution in [0.25, 0.3) is 0 Å². The first-order valence-electron chi connectivity index (χ1n) is 5.64. The minimum atomic E-state index is -5.43. The Morgan fingerprint density at radius 3 is 2.05 bits per heavy atom. The zero-order chi connectivity index (χ0) is 16.3. The zero-order valence-corrected chi connectivity index (χ0v) is 10.4. The molecule has 1 heterocycles. The Hall–Kier alpha value is -1.26.